The van der Waals surface area contributed by atoms with Gasteiger partial charge in [0.2, 0.25) is 5.91 Å². The lowest BCUT2D eigenvalue weighted by molar-refractivity contribution is -0.123. The van der Waals surface area contributed by atoms with Crippen LogP contribution in [0.1, 0.15) is 29.7 Å². The molecule has 5 heteroatoms. The lowest BCUT2D eigenvalue weighted by Gasteiger charge is -2.19. The van der Waals surface area contributed by atoms with Crippen molar-refractivity contribution in [3.63, 3.8) is 0 Å². The maximum Gasteiger partial charge on any atom is 0.238 e. The average molecular weight is 301 g/mol. The third-order valence-corrected chi connectivity index (χ3v) is 4.44. The molecule has 1 amide bonds. The van der Waals surface area contributed by atoms with Gasteiger partial charge in [-0.2, -0.15) is 0 Å². The van der Waals surface area contributed by atoms with Crippen molar-refractivity contribution < 1.29 is 4.79 Å². The van der Waals surface area contributed by atoms with Gasteiger partial charge in [-0.15, -0.1) is 24.2 Å². The standard InChI is InChI=1S/C14H20N2OS.ClH/c1-9-5-4-6-12(10(9)2)11(3)16-14(17)13-7-18-8-15-13;/h4-6,11,13,15H,7-8H2,1-3H3,(H,16,17);1H. The van der Waals surface area contributed by atoms with Gasteiger partial charge < -0.3 is 5.32 Å². The van der Waals surface area contributed by atoms with Crippen molar-refractivity contribution in [3.05, 3.63) is 34.9 Å². The molecule has 2 N–H and O–H groups in total. The Balaban J connectivity index is 0.00000180. The van der Waals surface area contributed by atoms with E-state index in [0.29, 0.717) is 0 Å². The number of nitrogens with one attached hydrogen (secondary N) is 2. The van der Waals surface area contributed by atoms with Crippen molar-refractivity contribution in [1.29, 1.82) is 0 Å². The van der Waals surface area contributed by atoms with Crippen LogP contribution in [0, 0.1) is 13.8 Å². The average Bonchev–Trinajstić information content (AvgIpc) is 2.86. The van der Waals surface area contributed by atoms with Gasteiger partial charge in [-0.25, -0.2) is 0 Å². The zero-order valence-corrected chi connectivity index (χ0v) is 13.2. The van der Waals surface area contributed by atoms with Crippen molar-refractivity contribution in [3.8, 4) is 0 Å². The van der Waals surface area contributed by atoms with Gasteiger partial charge >= 0.3 is 0 Å². The molecule has 0 spiro atoms. The first-order chi connectivity index (χ1) is 8.59. The highest BCUT2D eigenvalue weighted by molar-refractivity contribution is 7.99. The molecule has 1 saturated heterocycles. The molecular formula is C14H21ClN2OS. The summed E-state index contributed by atoms with van der Waals surface area (Å²) in [6, 6.07) is 6.25. The van der Waals surface area contributed by atoms with Crippen LogP contribution >= 0.6 is 24.2 Å². The minimum absolute atomic E-state index is 0. The molecule has 0 saturated carbocycles. The van der Waals surface area contributed by atoms with Gasteiger partial charge in [-0.05, 0) is 37.5 Å². The predicted molar refractivity (Wildman–Crippen MR) is 84.0 cm³/mol. The molecule has 3 nitrogen and oxygen atoms in total. The number of hydrogen-bond donors (Lipinski definition) is 2. The number of rotatable bonds is 3. The Hall–Kier alpha value is -0.710. The normalized spacial score (nSPS) is 19.6. The van der Waals surface area contributed by atoms with Gasteiger partial charge in [-0.3, -0.25) is 10.1 Å². The van der Waals surface area contributed by atoms with Gasteiger partial charge in [0, 0.05) is 11.6 Å². The van der Waals surface area contributed by atoms with Crippen LogP contribution in [0.2, 0.25) is 0 Å². The molecule has 1 aromatic rings. The molecule has 2 rings (SSSR count). The van der Waals surface area contributed by atoms with Gasteiger partial charge in [0.1, 0.15) is 0 Å². The van der Waals surface area contributed by atoms with Crippen LogP contribution in [0.25, 0.3) is 0 Å². The van der Waals surface area contributed by atoms with Crippen LogP contribution in [-0.2, 0) is 4.79 Å². The zero-order valence-electron chi connectivity index (χ0n) is 11.5. The number of amides is 1. The smallest absolute Gasteiger partial charge is 0.238 e. The molecule has 0 bridgehead atoms. The summed E-state index contributed by atoms with van der Waals surface area (Å²) in [5.41, 5.74) is 3.73. The van der Waals surface area contributed by atoms with Crippen LogP contribution in [0.15, 0.2) is 18.2 Å². The van der Waals surface area contributed by atoms with Crippen molar-refractivity contribution in [2.45, 2.75) is 32.9 Å². The van der Waals surface area contributed by atoms with Crippen molar-refractivity contribution in [2.75, 3.05) is 11.6 Å². The van der Waals surface area contributed by atoms with Crippen LogP contribution in [0.5, 0.6) is 0 Å². The van der Waals surface area contributed by atoms with E-state index in [1.165, 1.54) is 16.7 Å². The highest BCUT2D eigenvalue weighted by Crippen LogP contribution is 2.20. The number of benzene rings is 1. The Kier molecular flexibility index (Phi) is 6.17. The molecule has 1 aliphatic rings. The lowest BCUT2D eigenvalue weighted by atomic mass is 9.98. The molecule has 0 aromatic heterocycles. The largest absolute Gasteiger partial charge is 0.348 e. The van der Waals surface area contributed by atoms with E-state index in [0.717, 1.165) is 11.6 Å². The first-order valence-electron chi connectivity index (χ1n) is 6.27. The van der Waals surface area contributed by atoms with Crippen LogP contribution in [0.3, 0.4) is 0 Å². The number of aryl methyl sites for hydroxylation is 1. The van der Waals surface area contributed by atoms with Crippen LogP contribution in [0.4, 0.5) is 0 Å². The molecule has 0 radical (unpaired) electrons. The Morgan fingerprint density at radius 1 is 1.47 bits per heavy atom. The van der Waals surface area contributed by atoms with Gasteiger partial charge in [-0.1, -0.05) is 18.2 Å². The summed E-state index contributed by atoms with van der Waals surface area (Å²) in [6.45, 7) is 6.25. The van der Waals surface area contributed by atoms with Crippen molar-refractivity contribution >= 4 is 30.1 Å². The van der Waals surface area contributed by atoms with E-state index in [2.05, 4.69) is 36.6 Å². The highest BCUT2D eigenvalue weighted by atomic mass is 35.5. The Bertz CT molecular complexity index is 447. The molecule has 2 atom stereocenters. The third-order valence-electron chi connectivity index (χ3n) is 3.50. The van der Waals surface area contributed by atoms with Gasteiger partial charge in [0.15, 0.2) is 0 Å². The fraction of sp³-hybridized carbons (Fsp3) is 0.500. The fourth-order valence-electron chi connectivity index (χ4n) is 2.20. The molecule has 1 fully saturated rings. The first-order valence-corrected chi connectivity index (χ1v) is 7.42. The maximum absolute atomic E-state index is 12.0. The SMILES string of the molecule is Cc1cccc(C(C)NC(=O)C2CSCN2)c1C.Cl. The summed E-state index contributed by atoms with van der Waals surface area (Å²) in [5.74, 6) is 1.84. The predicted octanol–water partition coefficient (Wildman–Crippen LogP) is 2.56. The summed E-state index contributed by atoms with van der Waals surface area (Å²) >= 11 is 1.77. The van der Waals surface area contributed by atoms with Crippen LogP contribution < -0.4 is 10.6 Å². The Labute approximate surface area is 125 Å². The van der Waals surface area contributed by atoms with E-state index < -0.39 is 0 Å². The summed E-state index contributed by atoms with van der Waals surface area (Å²) < 4.78 is 0. The molecule has 106 valence electrons. The highest BCUT2D eigenvalue weighted by Gasteiger charge is 2.24. The fourth-order valence-corrected chi connectivity index (χ4v) is 3.14. The zero-order chi connectivity index (χ0) is 13.1. The first kappa shape index (κ1) is 16.3. The minimum atomic E-state index is -0.0393. The topological polar surface area (TPSA) is 41.1 Å². The van der Waals surface area contributed by atoms with Gasteiger partial charge in [0.25, 0.3) is 0 Å². The minimum Gasteiger partial charge on any atom is -0.348 e. The quantitative estimate of drug-likeness (QED) is 0.901. The number of hydrogen-bond acceptors (Lipinski definition) is 3. The van der Waals surface area contributed by atoms with Gasteiger partial charge in [0.05, 0.1) is 12.1 Å². The molecular weight excluding hydrogens is 280 g/mol. The monoisotopic (exact) mass is 300 g/mol. The maximum atomic E-state index is 12.0. The second-order valence-corrected chi connectivity index (χ2v) is 5.82. The molecule has 1 heterocycles. The van der Waals surface area contributed by atoms with E-state index in [-0.39, 0.29) is 30.4 Å². The molecule has 2 unspecified atom stereocenters. The van der Waals surface area contributed by atoms with E-state index in [1.54, 1.807) is 11.8 Å². The third kappa shape index (κ3) is 3.88. The summed E-state index contributed by atoms with van der Waals surface area (Å²) in [7, 11) is 0. The lowest BCUT2D eigenvalue weighted by Crippen LogP contribution is -2.43. The van der Waals surface area contributed by atoms with E-state index in [4.69, 9.17) is 0 Å². The number of carbonyl (C=O) groups excluding carboxylic acids is 1. The number of thioether (sulfide) groups is 1. The second-order valence-electron chi connectivity index (χ2n) is 4.79. The van der Waals surface area contributed by atoms with Crippen molar-refractivity contribution in [2.24, 2.45) is 0 Å². The Morgan fingerprint density at radius 3 is 2.84 bits per heavy atom. The van der Waals surface area contributed by atoms with E-state index in [1.807, 2.05) is 13.0 Å². The van der Waals surface area contributed by atoms with Crippen LogP contribution in [-0.4, -0.2) is 23.6 Å². The Morgan fingerprint density at radius 2 is 2.21 bits per heavy atom. The summed E-state index contributed by atoms with van der Waals surface area (Å²) in [4.78, 5) is 12.0. The molecule has 19 heavy (non-hydrogen) atoms. The van der Waals surface area contributed by atoms with E-state index >= 15 is 0 Å². The molecule has 0 aliphatic carbocycles. The summed E-state index contributed by atoms with van der Waals surface area (Å²) in [6.07, 6.45) is 0. The number of carbonyl (C=O) groups is 1. The van der Waals surface area contributed by atoms with Crippen molar-refractivity contribution in [1.82, 2.24) is 10.6 Å². The van der Waals surface area contributed by atoms with E-state index in [9.17, 15) is 4.79 Å². The molecule has 1 aromatic carbocycles. The molecule has 1 aliphatic heterocycles. The second kappa shape index (κ2) is 7.17. The summed E-state index contributed by atoms with van der Waals surface area (Å²) in [5, 5.41) is 6.28. The number of halogens is 1.